The largest absolute Gasteiger partial charge is 0.534 e. The van der Waals surface area contributed by atoms with Crippen LogP contribution in [-0.2, 0) is 10.1 Å². The molecule has 0 saturated carbocycles. The van der Waals surface area contributed by atoms with Crippen molar-refractivity contribution in [3.63, 3.8) is 0 Å². The molecule has 0 spiro atoms. The van der Waals surface area contributed by atoms with Crippen LogP contribution in [-0.4, -0.2) is 43.0 Å². The second-order valence-corrected chi connectivity index (χ2v) is 6.06. The van der Waals surface area contributed by atoms with Gasteiger partial charge in [0, 0.05) is 31.4 Å². The molecule has 1 aliphatic rings. The van der Waals surface area contributed by atoms with Crippen molar-refractivity contribution in [2.75, 3.05) is 18.0 Å². The van der Waals surface area contributed by atoms with Crippen LogP contribution in [0.2, 0.25) is 0 Å². The van der Waals surface area contributed by atoms with E-state index in [4.69, 9.17) is 5.73 Å². The monoisotopic (exact) mass is 326 g/mol. The van der Waals surface area contributed by atoms with E-state index < -0.39 is 21.5 Å². The summed E-state index contributed by atoms with van der Waals surface area (Å²) < 4.78 is 62.5. The zero-order chi connectivity index (χ0) is 15.7. The maximum Gasteiger partial charge on any atom is 0.534 e. The van der Waals surface area contributed by atoms with Gasteiger partial charge in [-0.3, -0.25) is 0 Å². The van der Waals surface area contributed by atoms with Crippen LogP contribution in [0.1, 0.15) is 12.8 Å². The number of halogens is 3. The lowest BCUT2D eigenvalue weighted by Crippen LogP contribution is -2.43. The van der Waals surface area contributed by atoms with Crippen LogP contribution >= 0.6 is 0 Å². The second kappa shape index (κ2) is 5.64. The van der Waals surface area contributed by atoms with E-state index in [0.717, 1.165) is 25.1 Å². The number of alkyl halides is 3. The third-order valence-electron chi connectivity index (χ3n) is 2.84. The summed E-state index contributed by atoms with van der Waals surface area (Å²) in [5, 5.41) is 0. The van der Waals surface area contributed by atoms with Gasteiger partial charge in [-0.1, -0.05) is 0 Å². The number of piperidine rings is 1. The number of aromatic nitrogens is 2. The van der Waals surface area contributed by atoms with Crippen molar-refractivity contribution >= 4 is 16.1 Å². The fraction of sp³-hybridized carbons (Fsp3) is 0.600. The molecule has 0 aromatic carbocycles. The molecule has 0 radical (unpaired) electrons. The van der Waals surface area contributed by atoms with Crippen molar-refractivity contribution in [1.29, 1.82) is 0 Å². The van der Waals surface area contributed by atoms with Crippen molar-refractivity contribution < 1.29 is 25.8 Å². The molecule has 1 aromatic heterocycles. The van der Waals surface area contributed by atoms with Gasteiger partial charge in [0.15, 0.2) is 0 Å². The van der Waals surface area contributed by atoms with Crippen LogP contribution < -0.4 is 14.8 Å². The van der Waals surface area contributed by atoms with Crippen molar-refractivity contribution in [2.45, 2.75) is 24.4 Å². The molecule has 2 heterocycles. The summed E-state index contributed by atoms with van der Waals surface area (Å²) in [6.45, 7) is 1.03. The topological polar surface area (TPSA) is 98.4 Å². The second-order valence-electron chi connectivity index (χ2n) is 4.53. The van der Waals surface area contributed by atoms with Gasteiger partial charge < -0.3 is 14.8 Å². The smallest absolute Gasteiger partial charge is 0.355 e. The Morgan fingerprint density at radius 3 is 2.76 bits per heavy atom. The summed E-state index contributed by atoms with van der Waals surface area (Å²) >= 11 is 0. The molecule has 7 nitrogen and oxygen atoms in total. The fourth-order valence-corrected chi connectivity index (χ4v) is 2.29. The average Bonchev–Trinajstić information content (AvgIpc) is 2.37. The molecule has 1 aromatic rings. The summed E-state index contributed by atoms with van der Waals surface area (Å²) in [4.78, 5) is 9.25. The van der Waals surface area contributed by atoms with E-state index in [9.17, 15) is 21.6 Å². The first-order chi connectivity index (χ1) is 9.69. The molecule has 21 heavy (non-hydrogen) atoms. The van der Waals surface area contributed by atoms with Gasteiger partial charge in [0.1, 0.15) is 0 Å². The summed E-state index contributed by atoms with van der Waals surface area (Å²) in [7, 11) is -5.74. The van der Waals surface area contributed by atoms with E-state index in [2.05, 4.69) is 14.2 Å². The first kappa shape index (κ1) is 15.8. The van der Waals surface area contributed by atoms with E-state index >= 15 is 0 Å². The molecule has 0 amide bonds. The minimum Gasteiger partial charge on any atom is -0.355 e. The molecule has 1 saturated heterocycles. The Hall–Kier alpha value is -1.62. The Morgan fingerprint density at radius 2 is 2.14 bits per heavy atom. The number of nitrogens with zero attached hydrogens (tertiary/aromatic N) is 3. The van der Waals surface area contributed by atoms with Gasteiger partial charge in [0.05, 0.1) is 0 Å². The Bertz CT molecular complexity index is 608. The molecule has 1 unspecified atom stereocenters. The highest BCUT2D eigenvalue weighted by Crippen LogP contribution is 2.26. The molecule has 11 heteroatoms. The summed E-state index contributed by atoms with van der Waals surface area (Å²) in [6.07, 6.45) is 2.75. The summed E-state index contributed by atoms with van der Waals surface area (Å²) in [5.41, 5.74) is 0.278. The van der Waals surface area contributed by atoms with Crippen LogP contribution in [0.15, 0.2) is 12.3 Å². The molecule has 1 aliphatic heterocycles. The van der Waals surface area contributed by atoms with Gasteiger partial charge in [-0.05, 0) is 12.8 Å². The van der Waals surface area contributed by atoms with Gasteiger partial charge in [-0.15, -0.1) is 0 Å². The lowest BCUT2D eigenvalue weighted by Gasteiger charge is -2.30. The molecule has 2 N–H and O–H groups in total. The van der Waals surface area contributed by atoms with Crippen LogP contribution in [0.3, 0.4) is 0 Å². The van der Waals surface area contributed by atoms with Crippen LogP contribution in [0.5, 0.6) is 5.88 Å². The quantitative estimate of drug-likeness (QED) is 0.642. The maximum absolute atomic E-state index is 12.2. The molecular formula is C10H13F3N4O3S. The normalized spacial score (nSPS) is 20.4. The molecule has 2 rings (SSSR count). The van der Waals surface area contributed by atoms with E-state index in [1.165, 1.54) is 0 Å². The predicted octanol–water partition coefficient (Wildman–Crippen LogP) is 0.632. The van der Waals surface area contributed by atoms with Gasteiger partial charge in [0.25, 0.3) is 0 Å². The molecule has 1 atom stereocenters. The van der Waals surface area contributed by atoms with E-state index in [1.807, 2.05) is 0 Å². The van der Waals surface area contributed by atoms with E-state index in [-0.39, 0.29) is 12.0 Å². The van der Waals surface area contributed by atoms with Gasteiger partial charge in [-0.25, -0.2) is 4.98 Å². The van der Waals surface area contributed by atoms with Crippen molar-refractivity contribution in [3.05, 3.63) is 12.3 Å². The van der Waals surface area contributed by atoms with E-state index in [1.54, 1.807) is 4.90 Å². The molecule has 118 valence electrons. The van der Waals surface area contributed by atoms with Crippen LogP contribution in [0.25, 0.3) is 0 Å². The van der Waals surface area contributed by atoms with Gasteiger partial charge in [0.2, 0.25) is 11.8 Å². The number of anilines is 1. The first-order valence-corrected chi connectivity index (χ1v) is 7.44. The van der Waals surface area contributed by atoms with Crippen molar-refractivity contribution in [2.24, 2.45) is 5.73 Å². The average molecular weight is 326 g/mol. The predicted molar refractivity (Wildman–Crippen MR) is 67.1 cm³/mol. The Balaban J connectivity index is 2.18. The maximum atomic E-state index is 12.2. The summed E-state index contributed by atoms with van der Waals surface area (Å²) in [6, 6.07) is 0.849. The third kappa shape index (κ3) is 3.73. The SMILES string of the molecule is NC1CCCN(c2nccc(OS(=O)(=O)C(F)(F)F)n2)C1. The zero-order valence-corrected chi connectivity index (χ0v) is 11.6. The lowest BCUT2D eigenvalue weighted by atomic mass is 10.1. The zero-order valence-electron chi connectivity index (χ0n) is 10.7. The van der Waals surface area contributed by atoms with Gasteiger partial charge in [-0.2, -0.15) is 26.6 Å². The highest BCUT2D eigenvalue weighted by atomic mass is 32.2. The first-order valence-electron chi connectivity index (χ1n) is 6.03. The third-order valence-corrected chi connectivity index (χ3v) is 3.79. The van der Waals surface area contributed by atoms with Gasteiger partial charge >= 0.3 is 15.6 Å². The molecule has 0 bridgehead atoms. The number of rotatable bonds is 3. The lowest BCUT2D eigenvalue weighted by molar-refractivity contribution is -0.0501. The molecule has 1 fully saturated rings. The van der Waals surface area contributed by atoms with Crippen molar-refractivity contribution in [1.82, 2.24) is 9.97 Å². The number of hydrogen-bond acceptors (Lipinski definition) is 7. The highest BCUT2D eigenvalue weighted by molar-refractivity contribution is 7.87. The minimum atomic E-state index is -5.74. The standard InChI is InChI=1S/C10H13F3N4O3S/c11-10(12,13)21(18,19)20-8-3-4-15-9(16-8)17-5-1-2-7(14)6-17/h3-4,7H,1-2,5-6,14H2. The highest BCUT2D eigenvalue weighted by Gasteiger charge is 2.48. The molecule has 0 aliphatic carbocycles. The van der Waals surface area contributed by atoms with E-state index in [0.29, 0.717) is 13.1 Å². The fourth-order valence-electron chi connectivity index (χ4n) is 1.88. The minimum absolute atomic E-state index is 0.0834. The Kier molecular flexibility index (Phi) is 4.23. The number of hydrogen-bond donors (Lipinski definition) is 1. The van der Waals surface area contributed by atoms with Crippen molar-refractivity contribution in [3.8, 4) is 5.88 Å². The number of nitrogens with two attached hydrogens (primary N) is 1. The summed E-state index contributed by atoms with van der Waals surface area (Å²) in [5.74, 6) is -0.600. The molecular weight excluding hydrogens is 313 g/mol. The van der Waals surface area contributed by atoms with Crippen LogP contribution in [0.4, 0.5) is 19.1 Å². The van der Waals surface area contributed by atoms with Crippen LogP contribution in [0, 0.1) is 0 Å². The Morgan fingerprint density at radius 1 is 1.43 bits per heavy atom. The Labute approximate surface area is 119 Å².